The van der Waals surface area contributed by atoms with Crippen molar-refractivity contribution < 1.29 is 29.0 Å². The lowest BCUT2D eigenvalue weighted by Gasteiger charge is -2.29. The maximum absolute atomic E-state index is 13.4. The topological polar surface area (TPSA) is 105 Å². The van der Waals surface area contributed by atoms with Crippen LogP contribution in [0.3, 0.4) is 0 Å². The van der Waals surface area contributed by atoms with Crippen LogP contribution in [0.4, 0.5) is 5.69 Å². The number of ether oxygens (including phenoxy) is 2. The number of carboxylic acids is 1. The summed E-state index contributed by atoms with van der Waals surface area (Å²) < 4.78 is 12.4. The van der Waals surface area contributed by atoms with Crippen molar-refractivity contribution in [3.63, 3.8) is 0 Å². The van der Waals surface area contributed by atoms with Gasteiger partial charge in [0.2, 0.25) is 0 Å². The molecular formula is C28H23BrN2O6S. The van der Waals surface area contributed by atoms with Crippen LogP contribution >= 0.6 is 28.1 Å². The van der Waals surface area contributed by atoms with Gasteiger partial charge in [-0.3, -0.25) is 19.8 Å². The Morgan fingerprint density at radius 2 is 1.82 bits per heavy atom. The Morgan fingerprint density at radius 1 is 1.08 bits per heavy atom. The van der Waals surface area contributed by atoms with Gasteiger partial charge in [-0.15, -0.1) is 0 Å². The molecule has 1 aliphatic heterocycles. The minimum absolute atomic E-state index is 0.0223. The molecule has 3 aromatic carbocycles. The first kappa shape index (κ1) is 27.0. The van der Waals surface area contributed by atoms with E-state index in [1.165, 1.54) is 30.3 Å². The molecule has 4 rings (SSSR count). The van der Waals surface area contributed by atoms with E-state index >= 15 is 0 Å². The van der Waals surface area contributed by atoms with E-state index < -0.39 is 17.8 Å². The summed E-state index contributed by atoms with van der Waals surface area (Å²) in [4.78, 5) is 38.7. The molecule has 0 saturated carbocycles. The van der Waals surface area contributed by atoms with Gasteiger partial charge in [0.05, 0.1) is 17.9 Å². The molecule has 0 unspecified atom stereocenters. The van der Waals surface area contributed by atoms with E-state index in [2.05, 4.69) is 21.2 Å². The van der Waals surface area contributed by atoms with E-state index in [1.54, 1.807) is 12.1 Å². The van der Waals surface area contributed by atoms with Crippen LogP contribution in [0.1, 0.15) is 34.0 Å². The summed E-state index contributed by atoms with van der Waals surface area (Å²) in [6.07, 6.45) is 1.42. The SMILES string of the molecule is CCOc1cc(C=C2C(=O)NC(=S)N(c3cccc(C(=O)O)c3)C2=O)c(Br)cc1OCc1cccc(C)c1. The summed E-state index contributed by atoms with van der Waals surface area (Å²) in [7, 11) is 0. The molecule has 38 heavy (non-hydrogen) atoms. The molecule has 10 heteroatoms. The third-order valence-electron chi connectivity index (χ3n) is 5.59. The number of carbonyl (C=O) groups is 3. The molecule has 1 saturated heterocycles. The number of rotatable bonds is 8. The monoisotopic (exact) mass is 594 g/mol. The Balaban J connectivity index is 1.67. The van der Waals surface area contributed by atoms with Crippen LogP contribution in [0.2, 0.25) is 0 Å². The minimum atomic E-state index is -1.15. The summed E-state index contributed by atoms with van der Waals surface area (Å²) >= 11 is 8.72. The van der Waals surface area contributed by atoms with Crippen molar-refractivity contribution >= 4 is 62.8 Å². The second-order valence-electron chi connectivity index (χ2n) is 8.34. The molecule has 1 aliphatic rings. The normalized spacial score (nSPS) is 14.4. The maximum Gasteiger partial charge on any atom is 0.335 e. The highest BCUT2D eigenvalue weighted by atomic mass is 79.9. The molecule has 8 nitrogen and oxygen atoms in total. The zero-order chi connectivity index (χ0) is 27.4. The number of aromatic carboxylic acids is 1. The van der Waals surface area contributed by atoms with Gasteiger partial charge in [-0.25, -0.2) is 4.79 Å². The number of nitrogens with one attached hydrogen (secondary N) is 1. The average Bonchev–Trinajstić information content (AvgIpc) is 2.87. The van der Waals surface area contributed by atoms with Crippen LogP contribution < -0.4 is 19.7 Å². The standard InChI is InChI=1S/C28H23BrN2O6S/c1-3-36-23-13-19(22(29)14-24(23)37-15-17-7-4-6-16(2)10-17)12-21-25(32)30-28(38)31(26(21)33)20-9-5-8-18(11-20)27(34)35/h4-14H,3,15H2,1-2H3,(H,34,35)(H,30,32,38). The fraction of sp³-hybridized carbons (Fsp3) is 0.143. The van der Waals surface area contributed by atoms with Crippen molar-refractivity contribution in [1.82, 2.24) is 5.32 Å². The predicted molar refractivity (Wildman–Crippen MR) is 150 cm³/mol. The van der Waals surface area contributed by atoms with Crippen molar-refractivity contribution in [2.75, 3.05) is 11.5 Å². The molecule has 194 valence electrons. The molecule has 0 aliphatic carbocycles. The highest BCUT2D eigenvalue weighted by Crippen LogP contribution is 2.36. The van der Waals surface area contributed by atoms with Gasteiger partial charge in [0.15, 0.2) is 16.6 Å². The zero-order valence-corrected chi connectivity index (χ0v) is 22.9. The molecule has 3 aromatic rings. The third kappa shape index (κ3) is 5.92. The van der Waals surface area contributed by atoms with Crippen LogP contribution in [0, 0.1) is 6.92 Å². The number of aryl methyl sites for hydroxylation is 1. The van der Waals surface area contributed by atoms with Crippen LogP contribution in [-0.2, 0) is 16.2 Å². The largest absolute Gasteiger partial charge is 0.490 e. The van der Waals surface area contributed by atoms with Crippen molar-refractivity contribution in [1.29, 1.82) is 0 Å². The molecule has 1 fully saturated rings. The fourth-order valence-corrected chi connectivity index (χ4v) is 4.55. The zero-order valence-electron chi connectivity index (χ0n) is 20.5. The lowest BCUT2D eigenvalue weighted by atomic mass is 10.1. The number of anilines is 1. The molecule has 1 heterocycles. The Kier molecular flexibility index (Phi) is 8.23. The number of benzene rings is 3. The quantitative estimate of drug-likeness (QED) is 0.208. The number of hydrogen-bond donors (Lipinski definition) is 2. The summed E-state index contributed by atoms with van der Waals surface area (Å²) in [5.74, 6) is -1.57. The van der Waals surface area contributed by atoms with Crippen molar-refractivity contribution in [2.24, 2.45) is 0 Å². The predicted octanol–water partition coefficient (Wildman–Crippen LogP) is 5.26. The molecule has 0 radical (unpaired) electrons. The van der Waals surface area contributed by atoms with E-state index in [-0.39, 0.29) is 21.9 Å². The number of carbonyl (C=O) groups excluding carboxylic acids is 2. The van der Waals surface area contributed by atoms with Crippen LogP contribution in [-0.4, -0.2) is 34.6 Å². The number of carboxylic acid groups (broad SMARTS) is 1. The fourth-order valence-electron chi connectivity index (χ4n) is 3.83. The van der Waals surface area contributed by atoms with Gasteiger partial charge in [0, 0.05) is 4.47 Å². The lowest BCUT2D eigenvalue weighted by molar-refractivity contribution is -0.122. The van der Waals surface area contributed by atoms with Crippen LogP contribution in [0.25, 0.3) is 6.08 Å². The number of thiocarbonyl (C=S) groups is 1. The molecule has 2 amide bonds. The van der Waals surface area contributed by atoms with Gasteiger partial charge in [-0.2, -0.15) is 0 Å². The van der Waals surface area contributed by atoms with Crippen molar-refractivity contribution in [3.05, 3.63) is 93.0 Å². The van der Waals surface area contributed by atoms with Crippen LogP contribution in [0.5, 0.6) is 11.5 Å². The molecule has 0 aromatic heterocycles. The molecule has 2 N–H and O–H groups in total. The van der Waals surface area contributed by atoms with E-state index in [1.807, 2.05) is 38.1 Å². The number of halogens is 1. The molecule has 0 spiro atoms. The van der Waals surface area contributed by atoms with Gasteiger partial charge >= 0.3 is 5.97 Å². The van der Waals surface area contributed by atoms with E-state index in [0.29, 0.717) is 34.7 Å². The molecule has 0 bridgehead atoms. The summed E-state index contributed by atoms with van der Waals surface area (Å²) in [6, 6.07) is 17.1. The Morgan fingerprint density at radius 3 is 2.53 bits per heavy atom. The first-order chi connectivity index (χ1) is 18.2. The molecular weight excluding hydrogens is 572 g/mol. The van der Waals surface area contributed by atoms with E-state index in [9.17, 15) is 19.5 Å². The minimum Gasteiger partial charge on any atom is -0.490 e. The number of amides is 2. The average molecular weight is 595 g/mol. The number of nitrogens with zero attached hydrogens (tertiary/aromatic N) is 1. The lowest BCUT2D eigenvalue weighted by Crippen LogP contribution is -2.54. The second-order valence-corrected chi connectivity index (χ2v) is 9.59. The highest BCUT2D eigenvalue weighted by molar-refractivity contribution is 9.10. The van der Waals surface area contributed by atoms with E-state index in [4.69, 9.17) is 21.7 Å². The van der Waals surface area contributed by atoms with Gasteiger partial charge in [0.25, 0.3) is 11.8 Å². The Labute approximate surface area is 233 Å². The smallest absolute Gasteiger partial charge is 0.335 e. The third-order valence-corrected chi connectivity index (χ3v) is 6.56. The Hall–Kier alpha value is -4.02. The number of hydrogen-bond acceptors (Lipinski definition) is 6. The summed E-state index contributed by atoms with van der Waals surface area (Å²) in [5.41, 5.74) is 2.64. The molecule has 0 atom stereocenters. The van der Waals surface area contributed by atoms with Crippen LogP contribution in [0.15, 0.2) is 70.7 Å². The van der Waals surface area contributed by atoms with Crippen molar-refractivity contribution in [2.45, 2.75) is 20.5 Å². The summed E-state index contributed by atoms with van der Waals surface area (Å²) in [6.45, 7) is 4.55. The second kappa shape index (κ2) is 11.6. The summed E-state index contributed by atoms with van der Waals surface area (Å²) in [5, 5.41) is 11.7. The van der Waals surface area contributed by atoms with Gasteiger partial charge in [0.1, 0.15) is 12.2 Å². The van der Waals surface area contributed by atoms with Gasteiger partial charge in [-0.05, 0) is 73.6 Å². The van der Waals surface area contributed by atoms with Crippen molar-refractivity contribution in [3.8, 4) is 11.5 Å². The van der Waals surface area contributed by atoms with Gasteiger partial charge in [-0.1, -0.05) is 51.8 Å². The highest BCUT2D eigenvalue weighted by Gasteiger charge is 2.35. The Bertz CT molecular complexity index is 1490. The van der Waals surface area contributed by atoms with E-state index in [0.717, 1.165) is 16.0 Å². The first-order valence-corrected chi connectivity index (χ1v) is 12.8. The first-order valence-electron chi connectivity index (χ1n) is 11.6. The maximum atomic E-state index is 13.4. The van der Waals surface area contributed by atoms with Gasteiger partial charge < -0.3 is 14.6 Å².